The Hall–Kier alpha value is -1.73. The molecule has 1 amide bonds. The van der Waals surface area contributed by atoms with Gasteiger partial charge in [-0.15, -0.1) is 0 Å². The van der Waals surface area contributed by atoms with Crippen LogP contribution in [0.4, 0.5) is 22.0 Å². The van der Waals surface area contributed by atoms with Crippen molar-refractivity contribution in [3.05, 3.63) is 30.1 Å². The van der Waals surface area contributed by atoms with Gasteiger partial charge in [0.25, 0.3) is 0 Å². The highest BCUT2D eigenvalue weighted by atomic mass is 19.4. The molecule has 8 heteroatoms. The molecule has 0 unspecified atom stereocenters. The molecule has 1 fully saturated rings. The smallest absolute Gasteiger partial charge is 0.330 e. The molecule has 20 heavy (non-hydrogen) atoms. The molecule has 1 saturated carbocycles. The average Bonchev–Trinajstić information content (AvgIpc) is 3.19. The average molecular weight is 294 g/mol. The van der Waals surface area contributed by atoms with Crippen LogP contribution >= 0.6 is 0 Å². The summed E-state index contributed by atoms with van der Waals surface area (Å²) in [6.07, 6.45) is -2.25. The molecule has 2 rings (SSSR count). The number of hydrogen-bond acceptors (Lipinski definition) is 2. The van der Waals surface area contributed by atoms with E-state index in [1.807, 2.05) is 0 Å². The van der Waals surface area contributed by atoms with Crippen molar-refractivity contribution < 1.29 is 26.7 Å². The molecule has 0 N–H and O–H groups in total. The third-order valence-corrected chi connectivity index (χ3v) is 2.98. The first kappa shape index (κ1) is 14.7. The highest BCUT2D eigenvalue weighted by Gasteiger charge is 2.65. The van der Waals surface area contributed by atoms with Gasteiger partial charge in [-0.2, -0.15) is 22.0 Å². The quantitative estimate of drug-likeness (QED) is 0.800. The molecule has 1 heterocycles. The van der Waals surface area contributed by atoms with Crippen LogP contribution < -0.4 is 0 Å². The Balaban J connectivity index is 2.19. The molecule has 0 aromatic carbocycles. The maximum Gasteiger partial charge on any atom is 0.463 e. The topological polar surface area (TPSA) is 33.2 Å². The van der Waals surface area contributed by atoms with Crippen molar-refractivity contribution in [1.82, 2.24) is 9.88 Å². The van der Waals surface area contributed by atoms with E-state index in [-0.39, 0.29) is 6.54 Å². The standard InChI is InChI=1S/C12H11F5N2O/c13-11(14,12(15,16)17)10(20)19(9-1-2-9)7-8-3-5-18-6-4-8/h3-6,9H,1-2,7H2. The molecule has 0 saturated heterocycles. The third kappa shape index (κ3) is 2.88. The molecule has 1 aromatic rings. The first-order valence-corrected chi connectivity index (χ1v) is 5.88. The highest BCUT2D eigenvalue weighted by Crippen LogP contribution is 2.40. The number of nitrogens with zero attached hydrogens (tertiary/aromatic N) is 2. The van der Waals surface area contributed by atoms with Crippen LogP contribution in [0.1, 0.15) is 18.4 Å². The Bertz CT molecular complexity index is 484. The normalized spacial score (nSPS) is 16.1. The molecular formula is C12H11F5N2O. The van der Waals surface area contributed by atoms with E-state index in [1.165, 1.54) is 24.5 Å². The zero-order chi connectivity index (χ0) is 15.0. The van der Waals surface area contributed by atoms with Crippen molar-refractivity contribution in [2.75, 3.05) is 0 Å². The molecule has 0 spiro atoms. The van der Waals surface area contributed by atoms with Crippen molar-refractivity contribution >= 4 is 5.91 Å². The van der Waals surface area contributed by atoms with Crippen LogP contribution in [0.15, 0.2) is 24.5 Å². The Kier molecular flexibility index (Phi) is 3.66. The van der Waals surface area contributed by atoms with Crippen LogP contribution in [-0.4, -0.2) is 33.9 Å². The number of amides is 1. The number of aromatic nitrogens is 1. The first-order chi connectivity index (χ1) is 9.23. The van der Waals surface area contributed by atoms with E-state index in [1.54, 1.807) is 0 Å². The van der Waals surface area contributed by atoms with Crippen molar-refractivity contribution in [3.8, 4) is 0 Å². The summed E-state index contributed by atoms with van der Waals surface area (Å²) >= 11 is 0. The van der Waals surface area contributed by atoms with Crippen molar-refractivity contribution in [2.24, 2.45) is 0 Å². The van der Waals surface area contributed by atoms with E-state index < -0.39 is 24.0 Å². The predicted molar refractivity (Wildman–Crippen MR) is 58.8 cm³/mol. The molecule has 0 aliphatic heterocycles. The number of pyridine rings is 1. The van der Waals surface area contributed by atoms with E-state index in [4.69, 9.17) is 0 Å². The number of rotatable bonds is 4. The molecule has 0 radical (unpaired) electrons. The summed E-state index contributed by atoms with van der Waals surface area (Å²) in [4.78, 5) is 15.9. The highest BCUT2D eigenvalue weighted by molar-refractivity contribution is 5.85. The Morgan fingerprint density at radius 2 is 1.75 bits per heavy atom. The van der Waals surface area contributed by atoms with Gasteiger partial charge in [0, 0.05) is 25.0 Å². The Morgan fingerprint density at radius 1 is 1.20 bits per heavy atom. The summed E-state index contributed by atoms with van der Waals surface area (Å²) in [5, 5.41) is 0. The van der Waals surface area contributed by atoms with E-state index >= 15 is 0 Å². The maximum atomic E-state index is 13.1. The van der Waals surface area contributed by atoms with Crippen LogP contribution in [0, 0.1) is 0 Å². The molecule has 110 valence electrons. The second-order valence-electron chi connectivity index (χ2n) is 4.59. The Labute approximate surface area is 111 Å². The molecule has 3 nitrogen and oxygen atoms in total. The summed E-state index contributed by atoms with van der Waals surface area (Å²) in [6, 6.07) is 2.38. The van der Waals surface area contributed by atoms with E-state index in [0.29, 0.717) is 23.3 Å². The molecule has 1 aromatic heterocycles. The minimum Gasteiger partial charge on any atom is -0.330 e. The van der Waals surface area contributed by atoms with Gasteiger partial charge in [0.1, 0.15) is 0 Å². The lowest BCUT2D eigenvalue weighted by atomic mass is 10.2. The Morgan fingerprint density at radius 3 is 2.20 bits per heavy atom. The molecule has 1 aliphatic carbocycles. The second-order valence-corrected chi connectivity index (χ2v) is 4.59. The summed E-state index contributed by atoms with van der Waals surface area (Å²) in [5.41, 5.74) is 0.457. The molecule has 0 bridgehead atoms. The molecule has 0 atom stereocenters. The van der Waals surface area contributed by atoms with Gasteiger partial charge in [-0.25, -0.2) is 0 Å². The summed E-state index contributed by atoms with van der Waals surface area (Å²) in [6.45, 7) is -0.280. The SMILES string of the molecule is O=C(N(Cc1ccncc1)C1CC1)C(F)(F)C(F)(F)F. The maximum absolute atomic E-state index is 13.1. The van der Waals surface area contributed by atoms with Crippen molar-refractivity contribution in [3.63, 3.8) is 0 Å². The molecular weight excluding hydrogens is 283 g/mol. The summed E-state index contributed by atoms with van der Waals surface area (Å²) in [5.74, 6) is -7.55. The number of carbonyl (C=O) groups excluding carboxylic acids is 1. The van der Waals surface area contributed by atoms with E-state index in [2.05, 4.69) is 4.98 Å². The molecule has 1 aliphatic rings. The van der Waals surface area contributed by atoms with Crippen LogP contribution in [0.3, 0.4) is 0 Å². The summed E-state index contributed by atoms with van der Waals surface area (Å²) < 4.78 is 63.1. The van der Waals surface area contributed by atoms with Crippen molar-refractivity contribution in [1.29, 1.82) is 0 Å². The zero-order valence-electron chi connectivity index (χ0n) is 10.2. The van der Waals surface area contributed by atoms with Crippen molar-refractivity contribution in [2.45, 2.75) is 37.5 Å². The van der Waals surface area contributed by atoms with Gasteiger partial charge in [0.05, 0.1) is 0 Å². The third-order valence-electron chi connectivity index (χ3n) is 2.98. The van der Waals surface area contributed by atoms with E-state index in [9.17, 15) is 26.7 Å². The lowest BCUT2D eigenvalue weighted by Crippen LogP contribution is -2.52. The largest absolute Gasteiger partial charge is 0.463 e. The van der Waals surface area contributed by atoms with Gasteiger partial charge in [0.15, 0.2) is 0 Å². The second kappa shape index (κ2) is 4.99. The van der Waals surface area contributed by atoms with Gasteiger partial charge in [-0.3, -0.25) is 9.78 Å². The van der Waals surface area contributed by atoms with Gasteiger partial charge >= 0.3 is 18.0 Å². The van der Waals surface area contributed by atoms with Crippen LogP contribution in [-0.2, 0) is 11.3 Å². The number of alkyl halides is 5. The minimum atomic E-state index is -5.88. The van der Waals surface area contributed by atoms with E-state index in [0.717, 1.165) is 0 Å². The predicted octanol–water partition coefficient (Wildman–Crippen LogP) is 2.77. The fourth-order valence-corrected chi connectivity index (χ4v) is 1.74. The number of carbonyl (C=O) groups is 1. The van der Waals surface area contributed by atoms with Crippen LogP contribution in [0.5, 0.6) is 0 Å². The lowest BCUT2D eigenvalue weighted by Gasteiger charge is -2.28. The summed E-state index contributed by atoms with van der Waals surface area (Å²) in [7, 11) is 0. The van der Waals surface area contributed by atoms with Gasteiger partial charge < -0.3 is 4.90 Å². The number of halogens is 5. The lowest BCUT2D eigenvalue weighted by molar-refractivity contribution is -0.275. The van der Waals surface area contributed by atoms with Crippen LogP contribution in [0.2, 0.25) is 0 Å². The van der Waals surface area contributed by atoms with Gasteiger partial charge in [-0.1, -0.05) is 0 Å². The minimum absolute atomic E-state index is 0.280. The van der Waals surface area contributed by atoms with Gasteiger partial charge in [0.2, 0.25) is 0 Å². The van der Waals surface area contributed by atoms with Gasteiger partial charge in [-0.05, 0) is 30.5 Å². The van der Waals surface area contributed by atoms with Crippen LogP contribution in [0.25, 0.3) is 0 Å². The number of hydrogen-bond donors (Lipinski definition) is 0. The fourth-order valence-electron chi connectivity index (χ4n) is 1.74. The first-order valence-electron chi connectivity index (χ1n) is 5.88. The monoisotopic (exact) mass is 294 g/mol. The zero-order valence-corrected chi connectivity index (χ0v) is 10.2. The fraction of sp³-hybridized carbons (Fsp3) is 0.500.